The van der Waals surface area contributed by atoms with Crippen LogP contribution >= 0.6 is 0 Å². The number of amides is 2. The van der Waals surface area contributed by atoms with Gasteiger partial charge >= 0.3 is 5.97 Å². The first kappa shape index (κ1) is 12.4. The number of hydrogen-bond acceptors (Lipinski definition) is 4. The Morgan fingerprint density at radius 1 is 1.38 bits per heavy atom. The summed E-state index contributed by atoms with van der Waals surface area (Å²) in [5, 5.41) is 11.1. The molecular weight excluding hydrogens is 214 g/mol. The lowest BCUT2D eigenvalue weighted by atomic mass is 10.1. The summed E-state index contributed by atoms with van der Waals surface area (Å²) in [7, 11) is 0. The van der Waals surface area contributed by atoms with E-state index in [1.54, 1.807) is 0 Å². The van der Waals surface area contributed by atoms with E-state index in [9.17, 15) is 14.4 Å². The number of nitrogens with two attached hydrogens (primary N) is 2. The molecule has 1 aliphatic carbocycles. The highest BCUT2D eigenvalue weighted by Crippen LogP contribution is 2.32. The van der Waals surface area contributed by atoms with Crippen molar-refractivity contribution in [2.24, 2.45) is 11.5 Å². The van der Waals surface area contributed by atoms with Crippen LogP contribution in [0.1, 0.15) is 25.7 Å². The summed E-state index contributed by atoms with van der Waals surface area (Å²) >= 11 is 0. The zero-order chi connectivity index (χ0) is 12.3. The number of nitrogens with one attached hydrogen (secondary N) is 1. The summed E-state index contributed by atoms with van der Waals surface area (Å²) in [5.74, 6) is -2.28. The molecule has 2 amide bonds. The van der Waals surface area contributed by atoms with Gasteiger partial charge in [-0.2, -0.15) is 0 Å². The van der Waals surface area contributed by atoms with Crippen molar-refractivity contribution in [3.05, 3.63) is 0 Å². The third-order valence-electron chi connectivity index (χ3n) is 2.52. The van der Waals surface area contributed by atoms with Crippen LogP contribution < -0.4 is 16.8 Å². The second kappa shape index (κ2) is 4.48. The standard InChI is InChI=1S/C9H15N3O4/c10-6(13)2-1-5(7(14)15)12-8(16)9(11)3-4-9/h5H,1-4,11H2,(H2,10,13)(H,12,16)(H,14,15). The van der Waals surface area contributed by atoms with Gasteiger partial charge in [-0.25, -0.2) is 4.79 Å². The number of hydrogen-bond donors (Lipinski definition) is 4. The molecule has 0 aliphatic heterocycles. The Labute approximate surface area is 92.2 Å². The topological polar surface area (TPSA) is 136 Å². The van der Waals surface area contributed by atoms with Crippen LogP contribution in [-0.2, 0) is 14.4 Å². The average molecular weight is 229 g/mol. The molecule has 1 saturated carbocycles. The van der Waals surface area contributed by atoms with Crippen molar-refractivity contribution in [1.29, 1.82) is 0 Å². The Morgan fingerprint density at radius 3 is 2.31 bits per heavy atom. The van der Waals surface area contributed by atoms with Crippen LogP contribution in [0.15, 0.2) is 0 Å². The van der Waals surface area contributed by atoms with E-state index in [-0.39, 0.29) is 12.8 Å². The minimum atomic E-state index is -1.20. The molecule has 7 heteroatoms. The fourth-order valence-electron chi connectivity index (χ4n) is 1.21. The predicted molar refractivity (Wildman–Crippen MR) is 54.1 cm³/mol. The zero-order valence-electron chi connectivity index (χ0n) is 8.73. The third-order valence-corrected chi connectivity index (χ3v) is 2.52. The van der Waals surface area contributed by atoms with Crippen molar-refractivity contribution in [3.63, 3.8) is 0 Å². The molecule has 7 nitrogen and oxygen atoms in total. The van der Waals surface area contributed by atoms with Crippen LogP contribution in [0.5, 0.6) is 0 Å². The fourth-order valence-corrected chi connectivity index (χ4v) is 1.21. The molecule has 90 valence electrons. The molecule has 0 heterocycles. The van der Waals surface area contributed by atoms with Crippen LogP contribution in [0.25, 0.3) is 0 Å². The van der Waals surface area contributed by atoms with E-state index in [2.05, 4.69) is 5.32 Å². The number of aliphatic carboxylic acids is 1. The Balaban J connectivity index is 2.47. The maximum atomic E-state index is 11.5. The molecule has 0 aromatic heterocycles. The monoisotopic (exact) mass is 229 g/mol. The summed E-state index contributed by atoms with van der Waals surface area (Å²) < 4.78 is 0. The highest BCUT2D eigenvalue weighted by molar-refractivity contribution is 5.92. The third kappa shape index (κ3) is 3.20. The van der Waals surface area contributed by atoms with Crippen LogP contribution in [0.3, 0.4) is 0 Å². The van der Waals surface area contributed by atoms with Gasteiger partial charge in [0.05, 0.1) is 5.54 Å². The molecule has 0 bridgehead atoms. The average Bonchev–Trinajstić information content (AvgIpc) is 2.91. The Bertz CT molecular complexity index is 325. The lowest BCUT2D eigenvalue weighted by Crippen LogP contribution is -2.50. The smallest absolute Gasteiger partial charge is 0.326 e. The summed E-state index contributed by atoms with van der Waals surface area (Å²) in [6.07, 6.45) is 1.00. The molecule has 0 saturated heterocycles. The SMILES string of the molecule is NC(=O)CCC(NC(=O)C1(N)CC1)C(=O)O. The lowest BCUT2D eigenvalue weighted by molar-refractivity contribution is -0.142. The van der Waals surface area contributed by atoms with Gasteiger partial charge in [0, 0.05) is 6.42 Å². The quantitative estimate of drug-likeness (QED) is 0.431. The molecule has 0 aromatic rings. The molecule has 1 fully saturated rings. The van der Waals surface area contributed by atoms with Gasteiger partial charge in [-0.3, -0.25) is 9.59 Å². The number of carboxylic acid groups (broad SMARTS) is 1. The van der Waals surface area contributed by atoms with Gasteiger partial charge in [-0.1, -0.05) is 0 Å². The number of carbonyl (C=O) groups is 3. The first-order chi connectivity index (χ1) is 7.35. The van der Waals surface area contributed by atoms with Crippen molar-refractivity contribution >= 4 is 17.8 Å². The Morgan fingerprint density at radius 2 is 1.94 bits per heavy atom. The second-order valence-corrected chi connectivity index (χ2v) is 4.03. The molecule has 0 aromatic carbocycles. The lowest BCUT2D eigenvalue weighted by Gasteiger charge is -2.16. The number of rotatable bonds is 6. The van der Waals surface area contributed by atoms with Gasteiger partial charge in [-0.05, 0) is 19.3 Å². The van der Waals surface area contributed by atoms with Gasteiger partial charge in [0.1, 0.15) is 6.04 Å². The summed E-state index contributed by atoms with van der Waals surface area (Å²) in [5.41, 5.74) is 9.58. The fraction of sp³-hybridized carbons (Fsp3) is 0.667. The van der Waals surface area contributed by atoms with E-state index < -0.39 is 29.4 Å². The van der Waals surface area contributed by atoms with Gasteiger partial charge < -0.3 is 21.9 Å². The van der Waals surface area contributed by atoms with E-state index in [1.165, 1.54) is 0 Å². The first-order valence-electron chi connectivity index (χ1n) is 4.96. The zero-order valence-corrected chi connectivity index (χ0v) is 8.73. The second-order valence-electron chi connectivity index (χ2n) is 4.03. The molecule has 0 radical (unpaired) electrons. The molecule has 16 heavy (non-hydrogen) atoms. The largest absolute Gasteiger partial charge is 0.480 e. The van der Waals surface area contributed by atoms with Crippen LogP contribution in [-0.4, -0.2) is 34.5 Å². The van der Waals surface area contributed by atoms with E-state index in [1.807, 2.05) is 0 Å². The summed E-state index contributed by atoms with van der Waals surface area (Å²) in [6.45, 7) is 0. The Kier molecular flexibility index (Phi) is 3.48. The minimum absolute atomic E-state index is 0.0213. The first-order valence-corrected chi connectivity index (χ1v) is 4.96. The van der Waals surface area contributed by atoms with Crippen LogP contribution in [0.2, 0.25) is 0 Å². The van der Waals surface area contributed by atoms with Crippen LogP contribution in [0.4, 0.5) is 0 Å². The molecule has 0 spiro atoms. The molecule has 1 aliphatic rings. The highest BCUT2D eigenvalue weighted by Gasteiger charge is 2.46. The van der Waals surface area contributed by atoms with E-state index in [4.69, 9.17) is 16.6 Å². The van der Waals surface area contributed by atoms with Gasteiger partial charge in [-0.15, -0.1) is 0 Å². The Hall–Kier alpha value is -1.63. The minimum Gasteiger partial charge on any atom is -0.480 e. The molecule has 1 unspecified atom stereocenters. The van der Waals surface area contributed by atoms with Gasteiger partial charge in [0.15, 0.2) is 0 Å². The maximum Gasteiger partial charge on any atom is 0.326 e. The summed E-state index contributed by atoms with van der Waals surface area (Å²) in [4.78, 5) is 32.8. The van der Waals surface area contributed by atoms with Crippen molar-refractivity contribution in [1.82, 2.24) is 5.32 Å². The van der Waals surface area contributed by atoms with Gasteiger partial charge in [0.2, 0.25) is 11.8 Å². The van der Waals surface area contributed by atoms with Crippen LogP contribution in [0, 0.1) is 0 Å². The number of primary amides is 1. The van der Waals surface area contributed by atoms with E-state index in [0.717, 1.165) is 0 Å². The van der Waals surface area contributed by atoms with Crippen molar-refractivity contribution in [2.45, 2.75) is 37.3 Å². The molecular formula is C9H15N3O4. The normalized spacial score (nSPS) is 18.6. The van der Waals surface area contributed by atoms with E-state index >= 15 is 0 Å². The molecule has 6 N–H and O–H groups in total. The van der Waals surface area contributed by atoms with Crippen molar-refractivity contribution < 1.29 is 19.5 Å². The number of carboxylic acids is 1. The highest BCUT2D eigenvalue weighted by atomic mass is 16.4. The summed E-state index contributed by atoms with van der Waals surface area (Å²) in [6, 6.07) is -1.11. The maximum absolute atomic E-state index is 11.5. The number of carbonyl (C=O) groups excluding carboxylic acids is 2. The predicted octanol–water partition coefficient (Wildman–Crippen LogP) is -1.69. The van der Waals surface area contributed by atoms with Crippen molar-refractivity contribution in [3.8, 4) is 0 Å². The van der Waals surface area contributed by atoms with Gasteiger partial charge in [0.25, 0.3) is 0 Å². The molecule has 1 atom stereocenters. The molecule has 1 rings (SSSR count). The van der Waals surface area contributed by atoms with E-state index in [0.29, 0.717) is 12.8 Å². The van der Waals surface area contributed by atoms with Crippen molar-refractivity contribution in [2.75, 3.05) is 0 Å².